The van der Waals surface area contributed by atoms with Crippen molar-refractivity contribution >= 4 is 28.2 Å². The molecule has 0 aliphatic heterocycles. The molecule has 140 valence electrons. The molecule has 0 bridgehead atoms. The van der Waals surface area contributed by atoms with Crippen LogP contribution in [0.2, 0.25) is 0 Å². The highest BCUT2D eigenvalue weighted by Crippen LogP contribution is 2.22. The number of anilines is 2. The van der Waals surface area contributed by atoms with Crippen LogP contribution in [-0.2, 0) is 13.6 Å². The smallest absolute Gasteiger partial charge is 0.259 e. The van der Waals surface area contributed by atoms with Crippen LogP contribution >= 0.6 is 11.3 Å². The fraction of sp³-hybridized carbons (Fsp3) is 0.105. The molecule has 8 nitrogen and oxygen atoms in total. The fourth-order valence-corrected chi connectivity index (χ4v) is 3.16. The quantitative estimate of drug-likeness (QED) is 0.524. The number of benzene rings is 1. The van der Waals surface area contributed by atoms with Gasteiger partial charge in [0.15, 0.2) is 0 Å². The van der Waals surface area contributed by atoms with Crippen molar-refractivity contribution in [2.75, 3.05) is 10.6 Å². The van der Waals surface area contributed by atoms with E-state index in [1.165, 1.54) is 17.5 Å². The first-order valence-electron chi connectivity index (χ1n) is 8.54. The Morgan fingerprint density at radius 2 is 2.04 bits per heavy atom. The number of rotatable bonds is 6. The molecule has 2 N–H and O–H groups in total. The zero-order chi connectivity index (χ0) is 19.3. The monoisotopic (exact) mass is 391 g/mol. The van der Waals surface area contributed by atoms with E-state index in [2.05, 4.69) is 30.9 Å². The molecule has 4 aromatic rings. The SMILES string of the molecule is Cn1cc(CNc2ccc(C(=O)Nc3nncs3)cn2)c(-c2ccccc2)n1. The van der Waals surface area contributed by atoms with Crippen molar-refractivity contribution < 1.29 is 4.79 Å². The Hall–Kier alpha value is -3.59. The zero-order valence-electron chi connectivity index (χ0n) is 15.0. The first kappa shape index (κ1) is 17.8. The number of pyridine rings is 1. The van der Waals surface area contributed by atoms with Crippen LogP contribution < -0.4 is 10.6 Å². The molecular formula is C19H17N7OS. The van der Waals surface area contributed by atoms with Gasteiger partial charge in [0.25, 0.3) is 5.91 Å². The van der Waals surface area contributed by atoms with Crippen LogP contribution in [0, 0.1) is 0 Å². The lowest BCUT2D eigenvalue weighted by Crippen LogP contribution is -2.12. The number of aryl methyl sites for hydroxylation is 1. The second-order valence-corrected chi connectivity index (χ2v) is 6.86. The molecule has 0 unspecified atom stereocenters. The normalized spacial score (nSPS) is 10.6. The van der Waals surface area contributed by atoms with Crippen molar-refractivity contribution in [2.24, 2.45) is 7.05 Å². The molecule has 0 saturated heterocycles. The van der Waals surface area contributed by atoms with E-state index in [1.54, 1.807) is 22.3 Å². The number of hydrogen-bond acceptors (Lipinski definition) is 7. The van der Waals surface area contributed by atoms with Crippen molar-refractivity contribution in [3.8, 4) is 11.3 Å². The summed E-state index contributed by atoms with van der Waals surface area (Å²) in [6, 6.07) is 13.5. The van der Waals surface area contributed by atoms with Crippen LogP contribution in [0.1, 0.15) is 15.9 Å². The van der Waals surface area contributed by atoms with Gasteiger partial charge in [-0.1, -0.05) is 41.7 Å². The maximum Gasteiger partial charge on any atom is 0.259 e. The van der Waals surface area contributed by atoms with Crippen molar-refractivity contribution in [3.05, 3.63) is 71.5 Å². The molecule has 0 aliphatic carbocycles. The van der Waals surface area contributed by atoms with Crippen LogP contribution in [-0.4, -0.2) is 30.9 Å². The molecule has 0 radical (unpaired) electrons. The Kier molecular flexibility index (Phi) is 5.07. The van der Waals surface area contributed by atoms with Crippen molar-refractivity contribution in [1.82, 2.24) is 25.0 Å². The van der Waals surface area contributed by atoms with Crippen molar-refractivity contribution in [1.29, 1.82) is 0 Å². The Morgan fingerprint density at radius 3 is 2.75 bits per heavy atom. The minimum atomic E-state index is -0.269. The van der Waals surface area contributed by atoms with Gasteiger partial charge in [-0.05, 0) is 12.1 Å². The van der Waals surface area contributed by atoms with Crippen molar-refractivity contribution in [2.45, 2.75) is 6.54 Å². The molecule has 0 fully saturated rings. The number of carbonyl (C=O) groups is 1. The van der Waals surface area contributed by atoms with E-state index in [1.807, 2.05) is 43.6 Å². The average Bonchev–Trinajstić information content (AvgIpc) is 3.37. The molecule has 0 saturated carbocycles. The van der Waals surface area contributed by atoms with Gasteiger partial charge in [-0.25, -0.2) is 4.98 Å². The second kappa shape index (κ2) is 7.97. The summed E-state index contributed by atoms with van der Waals surface area (Å²) in [5.41, 5.74) is 5.07. The number of aromatic nitrogens is 5. The van der Waals surface area contributed by atoms with E-state index in [9.17, 15) is 4.79 Å². The summed E-state index contributed by atoms with van der Waals surface area (Å²) >= 11 is 1.26. The summed E-state index contributed by atoms with van der Waals surface area (Å²) in [4.78, 5) is 16.5. The van der Waals surface area contributed by atoms with Crippen LogP contribution in [0.5, 0.6) is 0 Å². The van der Waals surface area contributed by atoms with Gasteiger partial charge in [-0.3, -0.25) is 14.8 Å². The zero-order valence-corrected chi connectivity index (χ0v) is 15.8. The topological polar surface area (TPSA) is 97.6 Å². The Labute approximate surface area is 165 Å². The Balaban J connectivity index is 1.43. The summed E-state index contributed by atoms with van der Waals surface area (Å²) in [5, 5.41) is 18.5. The summed E-state index contributed by atoms with van der Waals surface area (Å²) in [6.07, 6.45) is 3.51. The number of hydrogen-bond donors (Lipinski definition) is 2. The third-order valence-corrected chi connectivity index (χ3v) is 4.62. The first-order chi connectivity index (χ1) is 13.7. The van der Waals surface area contributed by atoms with E-state index in [-0.39, 0.29) is 5.91 Å². The lowest BCUT2D eigenvalue weighted by Gasteiger charge is -2.07. The number of carbonyl (C=O) groups excluding carboxylic acids is 1. The van der Waals surface area contributed by atoms with Gasteiger partial charge in [-0.15, -0.1) is 10.2 Å². The molecule has 3 heterocycles. The minimum absolute atomic E-state index is 0.269. The molecule has 0 spiro atoms. The van der Waals surface area contributed by atoms with Crippen LogP contribution in [0.3, 0.4) is 0 Å². The van der Waals surface area contributed by atoms with Crippen LogP contribution in [0.25, 0.3) is 11.3 Å². The van der Waals surface area contributed by atoms with Crippen LogP contribution in [0.15, 0.2) is 60.4 Å². The van der Waals surface area contributed by atoms with Gasteiger partial charge in [0.2, 0.25) is 5.13 Å². The summed E-state index contributed by atoms with van der Waals surface area (Å²) in [5.74, 6) is 0.407. The predicted molar refractivity (Wildman–Crippen MR) is 108 cm³/mol. The molecular weight excluding hydrogens is 374 g/mol. The van der Waals surface area contributed by atoms with Gasteiger partial charge in [0.05, 0.1) is 11.3 Å². The fourth-order valence-electron chi connectivity index (χ4n) is 2.72. The highest BCUT2D eigenvalue weighted by atomic mass is 32.1. The lowest BCUT2D eigenvalue weighted by atomic mass is 10.1. The van der Waals surface area contributed by atoms with Gasteiger partial charge in [0, 0.05) is 37.1 Å². The molecule has 1 aromatic carbocycles. The number of nitrogens with zero attached hydrogens (tertiary/aromatic N) is 5. The van der Waals surface area contributed by atoms with E-state index < -0.39 is 0 Å². The van der Waals surface area contributed by atoms with Gasteiger partial charge in [0.1, 0.15) is 11.3 Å². The average molecular weight is 391 g/mol. The van der Waals surface area contributed by atoms with Crippen LogP contribution in [0.4, 0.5) is 10.9 Å². The highest BCUT2D eigenvalue weighted by molar-refractivity contribution is 7.13. The molecule has 28 heavy (non-hydrogen) atoms. The van der Waals surface area contributed by atoms with E-state index >= 15 is 0 Å². The highest BCUT2D eigenvalue weighted by Gasteiger charge is 2.11. The molecule has 1 amide bonds. The number of amides is 1. The maximum atomic E-state index is 12.2. The third-order valence-electron chi connectivity index (χ3n) is 4.02. The van der Waals surface area contributed by atoms with E-state index in [0.29, 0.717) is 23.1 Å². The standard InChI is InChI=1S/C19H17N7OS/c1-26-11-15(17(25-26)13-5-3-2-4-6-13)10-21-16-8-7-14(9-20-16)18(27)23-19-24-22-12-28-19/h2-9,11-12H,10H2,1H3,(H,20,21)(H,23,24,27). The molecule has 0 atom stereocenters. The molecule has 9 heteroatoms. The molecule has 3 aromatic heterocycles. The van der Waals surface area contributed by atoms with Gasteiger partial charge >= 0.3 is 0 Å². The first-order valence-corrected chi connectivity index (χ1v) is 9.42. The second-order valence-electron chi connectivity index (χ2n) is 6.03. The Bertz CT molecular complexity index is 1060. The predicted octanol–water partition coefficient (Wildman–Crippen LogP) is 3.20. The minimum Gasteiger partial charge on any atom is -0.366 e. The summed E-state index contributed by atoms with van der Waals surface area (Å²) in [6.45, 7) is 0.571. The Morgan fingerprint density at radius 1 is 1.18 bits per heavy atom. The summed E-state index contributed by atoms with van der Waals surface area (Å²) in [7, 11) is 1.90. The van der Waals surface area contributed by atoms with Gasteiger partial charge < -0.3 is 5.32 Å². The number of nitrogens with one attached hydrogen (secondary N) is 2. The van der Waals surface area contributed by atoms with Gasteiger partial charge in [-0.2, -0.15) is 5.10 Å². The molecule has 0 aliphatic rings. The lowest BCUT2D eigenvalue weighted by molar-refractivity contribution is 0.102. The third kappa shape index (κ3) is 4.04. The maximum absolute atomic E-state index is 12.2. The van der Waals surface area contributed by atoms with E-state index in [4.69, 9.17) is 0 Å². The van der Waals surface area contributed by atoms with Crippen molar-refractivity contribution in [3.63, 3.8) is 0 Å². The van der Waals surface area contributed by atoms with E-state index in [0.717, 1.165) is 16.8 Å². The molecule has 4 rings (SSSR count). The summed E-state index contributed by atoms with van der Waals surface area (Å²) < 4.78 is 1.80. The largest absolute Gasteiger partial charge is 0.366 e.